The van der Waals surface area contributed by atoms with Gasteiger partial charge in [-0.05, 0) is 11.5 Å². The van der Waals surface area contributed by atoms with E-state index in [1.165, 1.54) is 12.4 Å². The van der Waals surface area contributed by atoms with Crippen molar-refractivity contribution in [2.75, 3.05) is 0 Å². The Balaban J connectivity index is 2.07. The third kappa shape index (κ3) is 2.17. The fraction of sp³-hybridized carbons (Fsp3) is 0. The van der Waals surface area contributed by atoms with Crippen LogP contribution >= 0.6 is 0 Å². The first kappa shape index (κ1) is 11.7. The van der Waals surface area contributed by atoms with E-state index in [0.29, 0.717) is 0 Å². The molecule has 0 aliphatic rings. The second-order valence-electron chi connectivity index (χ2n) is 3.91. The topological polar surface area (TPSA) is 72.1 Å². The first-order chi connectivity index (χ1) is 9.17. The largest absolute Gasteiger partial charge is 0.376 e. The van der Waals surface area contributed by atoms with Crippen LogP contribution in [0.4, 0.5) is 0 Å². The van der Waals surface area contributed by atoms with Crippen LogP contribution in [0.15, 0.2) is 60.0 Å². The van der Waals surface area contributed by atoms with Gasteiger partial charge in [0.2, 0.25) is 0 Å². The summed E-state index contributed by atoms with van der Waals surface area (Å²) in [4.78, 5) is 6.22. The van der Waals surface area contributed by atoms with E-state index in [9.17, 15) is 8.42 Å². The van der Waals surface area contributed by atoms with E-state index in [0.717, 1.165) is 10.8 Å². The number of aromatic nitrogens is 2. The summed E-state index contributed by atoms with van der Waals surface area (Å²) in [5.74, 6) is 0.287. The molecular weight excluding hydrogens is 264 g/mol. The summed E-state index contributed by atoms with van der Waals surface area (Å²) in [6, 6.07) is 12.7. The molecular formula is C13H10N2O3S. The molecule has 1 heterocycles. The summed E-state index contributed by atoms with van der Waals surface area (Å²) in [5.41, 5.74) is 0. The first-order valence-electron chi connectivity index (χ1n) is 5.58. The molecule has 96 valence electrons. The molecule has 0 spiro atoms. The second-order valence-corrected chi connectivity index (χ2v) is 5.37. The molecule has 3 rings (SSSR count). The Bertz CT molecular complexity index is 806. The number of fused-ring (bicyclic) bond motifs is 1. The van der Waals surface area contributed by atoms with Gasteiger partial charge >= 0.3 is 10.1 Å². The molecule has 1 N–H and O–H groups in total. The standard InChI is InChI=1S/C13H10N2O3S/c16-19(17,13-14-8-9-15-13)18-12-7-3-5-10-4-1-2-6-11(10)12/h1-9H,(H,14,15). The molecule has 5 nitrogen and oxygen atoms in total. The van der Waals surface area contributed by atoms with E-state index in [-0.39, 0.29) is 10.9 Å². The maximum Gasteiger partial charge on any atom is 0.373 e. The van der Waals surface area contributed by atoms with Crippen molar-refractivity contribution >= 4 is 20.9 Å². The third-order valence-electron chi connectivity index (χ3n) is 2.66. The van der Waals surface area contributed by atoms with Crippen LogP contribution in [-0.4, -0.2) is 18.4 Å². The highest BCUT2D eigenvalue weighted by Gasteiger charge is 2.20. The van der Waals surface area contributed by atoms with Crippen molar-refractivity contribution in [3.63, 3.8) is 0 Å². The van der Waals surface area contributed by atoms with Gasteiger partial charge in [-0.1, -0.05) is 36.4 Å². The lowest BCUT2D eigenvalue weighted by Crippen LogP contribution is -2.11. The molecule has 2 aromatic carbocycles. The summed E-state index contributed by atoms with van der Waals surface area (Å²) in [6.07, 6.45) is 2.79. The molecule has 0 radical (unpaired) electrons. The molecule has 6 heteroatoms. The zero-order valence-corrected chi connectivity index (χ0v) is 10.6. The SMILES string of the molecule is O=S(=O)(Oc1cccc2ccccc12)c1ncc[nH]1. The van der Waals surface area contributed by atoms with Crippen LogP contribution in [0.25, 0.3) is 10.8 Å². The number of rotatable bonds is 3. The normalized spacial score (nSPS) is 11.6. The minimum absolute atomic E-state index is 0.208. The van der Waals surface area contributed by atoms with Crippen LogP contribution in [0.5, 0.6) is 5.75 Å². The molecule has 0 amide bonds. The number of aromatic amines is 1. The molecule has 0 aliphatic heterocycles. The minimum atomic E-state index is -3.93. The number of nitrogens with zero attached hydrogens (tertiary/aromatic N) is 1. The monoisotopic (exact) mass is 274 g/mol. The van der Waals surface area contributed by atoms with Crippen molar-refractivity contribution in [2.24, 2.45) is 0 Å². The molecule has 0 saturated heterocycles. The summed E-state index contributed by atoms with van der Waals surface area (Å²) in [5, 5.41) is 1.44. The highest BCUT2D eigenvalue weighted by atomic mass is 32.2. The summed E-state index contributed by atoms with van der Waals surface area (Å²) >= 11 is 0. The number of imidazole rings is 1. The number of H-pyrrole nitrogens is 1. The Labute approximate surface area is 110 Å². The van der Waals surface area contributed by atoms with Crippen LogP contribution in [0.2, 0.25) is 0 Å². The van der Waals surface area contributed by atoms with E-state index < -0.39 is 10.1 Å². The molecule has 0 aliphatic carbocycles. The number of nitrogens with one attached hydrogen (secondary N) is 1. The van der Waals surface area contributed by atoms with E-state index in [4.69, 9.17) is 4.18 Å². The lowest BCUT2D eigenvalue weighted by molar-refractivity contribution is 0.481. The van der Waals surface area contributed by atoms with Crippen molar-refractivity contribution in [1.82, 2.24) is 9.97 Å². The molecule has 1 aromatic heterocycles. The van der Waals surface area contributed by atoms with Crippen molar-refractivity contribution in [3.8, 4) is 5.75 Å². The Morgan fingerprint density at radius 3 is 2.63 bits per heavy atom. The highest BCUT2D eigenvalue weighted by molar-refractivity contribution is 7.86. The summed E-state index contributed by atoms with van der Waals surface area (Å²) in [6.45, 7) is 0. The van der Waals surface area contributed by atoms with Crippen LogP contribution in [-0.2, 0) is 10.1 Å². The molecule has 3 aromatic rings. The van der Waals surface area contributed by atoms with E-state index >= 15 is 0 Å². The molecule has 0 saturated carbocycles. The minimum Gasteiger partial charge on any atom is -0.376 e. The number of hydrogen-bond donors (Lipinski definition) is 1. The quantitative estimate of drug-likeness (QED) is 0.744. The van der Waals surface area contributed by atoms with E-state index in [1.807, 2.05) is 30.3 Å². The van der Waals surface area contributed by atoms with Crippen molar-refractivity contribution in [3.05, 3.63) is 54.9 Å². The molecule has 0 fully saturated rings. The maximum absolute atomic E-state index is 12.0. The van der Waals surface area contributed by atoms with Gasteiger partial charge in [0.25, 0.3) is 5.16 Å². The van der Waals surface area contributed by atoms with Crippen molar-refractivity contribution < 1.29 is 12.6 Å². The van der Waals surface area contributed by atoms with Crippen LogP contribution in [0.3, 0.4) is 0 Å². The van der Waals surface area contributed by atoms with Gasteiger partial charge in [-0.25, -0.2) is 4.98 Å². The lowest BCUT2D eigenvalue weighted by atomic mass is 10.1. The van der Waals surface area contributed by atoms with E-state index in [1.54, 1.807) is 12.1 Å². The third-order valence-corrected chi connectivity index (χ3v) is 3.75. The Kier molecular flexibility index (Phi) is 2.72. The zero-order valence-electron chi connectivity index (χ0n) is 9.78. The number of benzene rings is 2. The fourth-order valence-electron chi connectivity index (χ4n) is 1.81. The summed E-state index contributed by atoms with van der Waals surface area (Å²) in [7, 11) is -3.93. The Morgan fingerprint density at radius 1 is 1.05 bits per heavy atom. The summed E-state index contributed by atoms with van der Waals surface area (Å²) < 4.78 is 29.1. The smallest absolute Gasteiger partial charge is 0.373 e. The number of hydrogen-bond acceptors (Lipinski definition) is 4. The van der Waals surface area contributed by atoms with Gasteiger partial charge in [0.15, 0.2) is 5.75 Å². The lowest BCUT2D eigenvalue weighted by Gasteiger charge is -2.07. The Hall–Kier alpha value is -2.34. The van der Waals surface area contributed by atoms with Crippen LogP contribution in [0.1, 0.15) is 0 Å². The average molecular weight is 274 g/mol. The first-order valence-corrected chi connectivity index (χ1v) is 6.99. The van der Waals surface area contributed by atoms with Crippen molar-refractivity contribution in [1.29, 1.82) is 0 Å². The van der Waals surface area contributed by atoms with Crippen molar-refractivity contribution in [2.45, 2.75) is 5.16 Å². The molecule has 0 unspecified atom stereocenters. The predicted octanol–water partition coefficient (Wildman–Crippen LogP) is 2.33. The van der Waals surface area contributed by atoms with Gasteiger partial charge in [0.1, 0.15) is 0 Å². The maximum atomic E-state index is 12.0. The van der Waals surface area contributed by atoms with Gasteiger partial charge in [-0.2, -0.15) is 8.42 Å². The van der Waals surface area contributed by atoms with Crippen LogP contribution < -0.4 is 4.18 Å². The predicted molar refractivity (Wildman–Crippen MR) is 70.3 cm³/mol. The van der Waals surface area contributed by atoms with Gasteiger partial charge < -0.3 is 9.17 Å². The van der Waals surface area contributed by atoms with E-state index in [2.05, 4.69) is 9.97 Å². The van der Waals surface area contributed by atoms with Gasteiger partial charge in [0, 0.05) is 17.8 Å². The molecule has 0 bridgehead atoms. The molecule has 0 atom stereocenters. The molecule has 19 heavy (non-hydrogen) atoms. The van der Waals surface area contributed by atoms with Crippen LogP contribution in [0, 0.1) is 0 Å². The zero-order chi connectivity index (χ0) is 13.3. The van der Waals surface area contributed by atoms with Gasteiger partial charge in [-0.15, -0.1) is 0 Å². The van der Waals surface area contributed by atoms with Gasteiger partial charge in [-0.3, -0.25) is 0 Å². The highest BCUT2D eigenvalue weighted by Crippen LogP contribution is 2.27. The average Bonchev–Trinajstić information content (AvgIpc) is 2.93. The fourth-order valence-corrected chi connectivity index (χ4v) is 2.68. The Morgan fingerprint density at radius 2 is 1.84 bits per heavy atom. The van der Waals surface area contributed by atoms with Gasteiger partial charge in [0.05, 0.1) is 0 Å². The second kappa shape index (κ2) is 4.40.